The van der Waals surface area contributed by atoms with Gasteiger partial charge >= 0.3 is 0 Å². The molecule has 0 radical (unpaired) electrons. The highest BCUT2D eigenvalue weighted by atomic mass is 32.2. The second-order valence-electron chi connectivity index (χ2n) is 6.33. The summed E-state index contributed by atoms with van der Waals surface area (Å²) in [6, 6.07) is 3.80. The third-order valence-corrected chi connectivity index (χ3v) is 6.58. The molecule has 0 heterocycles. The fraction of sp³-hybridized carbons (Fsp3) is 0.625. The first-order valence-corrected chi connectivity index (χ1v) is 9.06. The van der Waals surface area contributed by atoms with Crippen molar-refractivity contribution in [1.29, 1.82) is 0 Å². The number of nitrogens with one attached hydrogen (secondary N) is 2. The van der Waals surface area contributed by atoms with Gasteiger partial charge in [-0.05, 0) is 61.8 Å². The zero-order chi connectivity index (χ0) is 15.8. The first-order valence-electron chi connectivity index (χ1n) is 7.57. The van der Waals surface area contributed by atoms with Gasteiger partial charge in [0.1, 0.15) is 0 Å². The lowest BCUT2D eigenvalue weighted by atomic mass is 9.98. The number of anilines is 1. The van der Waals surface area contributed by atoms with E-state index in [2.05, 4.69) is 23.9 Å². The number of benzene rings is 1. The van der Waals surface area contributed by atoms with Gasteiger partial charge in [-0.25, -0.2) is 13.1 Å². The summed E-state index contributed by atoms with van der Waals surface area (Å²) in [5.74, 6) is 0.962. The van der Waals surface area contributed by atoms with Crippen LogP contribution in [0.15, 0.2) is 17.0 Å². The van der Waals surface area contributed by atoms with Crippen molar-refractivity contribution in [2.45, 2.75) is 51.5 Å². The van der Waals surface area contributed by atoms with Crippen LogP contribution in [0.2, 0.25) is 0 Å². The van der Waals surface area contributed by atoms with Gasteiger partial charge in [-0.1, -0.05) is 13.8 Å². The number of rotatable bonds is 4. The average Bonchev–Trinajstić information content (AvgIpc) is 2.69. The molecule has 1 aromatic carbocycles. The molecule has 0 bridgehead atoms. The minimum absolute atomic E-state index is 0.0489. The van der Waals surface area contributed by atoms with Crippen LogP contribution in [0.25, 0.3) is 0 Å². The van der Waals surface area contributed by atoms with Crippen molar-refractivity contribution in [3.8, 4) is 0 Å². The van der Waals surface area contributed by atoms with E-state index in [9.17, 15) is 8.42 Å². The summed E-state index contributed by atoms with van der Waals surface area (Å²) in [4.78, 5) is 0.424. The van der Waals surface area contributed by atoms with Crippen molar-refractivity contribution >= 4 is 15.7 Å². The van der Waals surface area contributed by atoms with Crippen LogP contribution in [-0.4, -0.2) is 21.5 Å². The lowest BCUT2D eigenvalue weighted by Crippen LogP contribution is -2.37. The molecule has 2 rings (SSSR count). The lowest BCUT2D eigenvalue weighted by Gasteiger charge is -2.21. The van der Waals surface area contributed by atoms with Crippen molar-refractivity contribution in [3.05, 3.63) is 23.3 Å². The van der Waals surface area contributed by atoms with Crippen molar-refractivity contribution < 1.29 is 8.42 Å². The van der Waals surface area contributed by atoms with Crippen molar-refractivity contribution in [3.63, 3.8) is 0 Å². The molecule has 1 saturated carbocycles. The van der Waals surface area contributed by atoms with E-state index in [1.807, 2.05) is 33.0 Å². The van der Waals surface area contributed by atoms with Crippen LogP contribution >= 0.6 is 0 Å². The number of sulfonamides is 1. The molecule has 0 aliphatic heterocycles. The average molecular weight is 310 g/mol. The van der Waals surface area contributed by atoms with E-state index in [4.69, 9.17) is 0 Å². The molecule has 3 unspecified atom stereocenters. The summed E-state index contributed by atoms with van der Waals surface area (Å²) in [5, 5.41) is 3.06. The van der Waals surface area contributed by atoms with Crippen LogP contribution in [0.3, 0.4) is 0 Å². The maximum absolute atomic E-state index is 12.8. The van der Waals surface area contributed by atoms with Gasteiger partial charge in [-0.15, -0.1) is 0 Å². The Balaban J connectivity index is 2.32. The molecule has 1 aliphatic rings. The molecule has 1 aliphatic carbocycles. The lowest BCUT2D eigenvalue weighted by molar-refractivity contribution is 0.402. The maximum atomic E-state index is 12.8. The summed E-state index contributed by atoms with van der Waals surface area (Å²) in [7, 11) is -1.63. The van der Waals surface area contributed by atoms with Crippen LogP contribution in [-0.2, 0) is 10.0 Å². The van der Waals surface area contributed by atoms with Gasteiger partial charge in [0, 0.05) is 18.8 Å². The van der Waals surface area contributed by atoms with Crippen molar-refractivity contribution in [2.24, 2.45) is 11.8 Å². The molecule has 2 N–H and O–H groups in total. The molecular formula is C16H26N2O2S. The predicted molar refractivity (Wildman–Crippen MR) is 87.1 cm³/mol. The molecular weight excluding hydrogens is 284 g/mol. The van der Waals surface area contributed by atoms with Crippen LogP contribution < -0.4 is 10.0 Å². The van der Waals surface area contributed by atoms with Crippen LogP contribution in [0.4, 0.5) is 5.69 Å². The highest BCUT2D eigenvalue weighted by Crippen LogP contribution is 2.33. The summed E-state index contributed by atoms with van der Waals surface area (Å²) >= 11 is 0. The van der Waals surface area contributed by atoms with Gasteiger partial charge in [-0.2, -0.15) is 0 Å². The first kappa shape index (κ1) is 16.3. The van der Waals surface area contributed by atoms with Crippen LogP contribution in [0.1, 0.15) is 37.8 Å². The molecule has 118 valence electrons. The third kappa shape index (κ3) is 3.24. The Morgan fingerprint density at radius 1 is 1.10 bits per heavy atom. The van der Waals surface area contributed by atoms with E-state index in [0.29, 0.717) is 16.7 Å². The molecule has 21 heavy (non-hydrogen) atoms. The topological polar surface area (TPSA) is 58.2 Å². The molecule has 5 heteroatoms. The normalized spacial score (nSPS) is 26.0. The van der Waals surface area contributed by atoms with Gasteiger partial charge < -0.3 is 5.32 Å². The standard InChI is InChI=1S/C16H26N2O2S/c1-10-6-7-15(13(10)4)18-21(19,20)16-11(2)8-14(17-5)9-12(16)3/h8-10,13,15,17-18H,6-7H2,1-5H3. The van der Waals surface area contributed by atoms with Gasteiger partial charge in [0.15, 0.2) is 0 Å². The quantitative estimate of drug-likeness (QED) is 0.898. The van der Waals surface area contributed by atoms with E-state index in [1.54, 1.807) is 0 Å². The number of hydrogen-bond donors (Lipinski definition) is 2. The minimum Gasteiger partial charge on any atom is -0.388 e. The Labute approximate surface area is 128 Å². The summed E-state index contributed by atoms with van der Waals surface area (Å²) in [5.41, 5.74) is 2.50. The van der Waals surface area contributed by atoms with Crippen LogP contribution in [0, 0.1) is 25.7 Å². The zero-order valence-electron chi connectivity index (χ0n) is 13.5. The molecule has 0 spiro atoms. The fourth-order valence-corrected chi connectivity index (χ4v) is 5.12. The minimum atomic E-state index is -3.46. The number of hydrogen-bond acceptors (Lipinski definition) is 3. The SMILES string of the molecule is CNc1cc(C)c(S(=O)(=O)NC2CCC(C)C2C)c(C)c1. The molecule has 0 amide bonds. The molecule has 4 nitrogen and oxygen atoms in total. The van der Waals surface area contributed by atoms with Gasteiger partial charge in [0.05, 0.1) is 4.90 Å². The second kappa shape index (κ2) is 5.97. The van der Waals surface area contributed by atoms with Gasteiger partial charge in [0.2, 0.25) is 10.0 Å². The zero-order valence-corrected chi connectivity index (χ0v) is 14.3. The molecule has 1 aromatic rings. The smallest absolute Gasteiger partial charge is 0.241 e. The highest BCUT2D eigenvalue weighted by molar-refractivity contribution is 7.89. The number of aryl methyl sites for hydroxylation is 2. The van der Waals surface area contributed by atoms with Crippen LogP contribution in [0.5, 0.6) is 0 Å². The Hall–Kier alpha value is -1.07. The van der Waals surface area contributed by atoms with E-state index in [0.717, 1.165) is 29.7 Å². The van der Waals surface area contributed by atoms with Gasteiger partial charge in [0.25, 0.3) is 0 Å². The van der Waals surface area contributed by atoms with Crippen molar-refractivity contribution in [1.82, 2.24) is 4.72 Å². The first-order chi connectivity index (χ1) is 9.76. The van der Waals surface area contributed by atoms with E-state index >= 15 is 0 Å². The Morgan fingerprint density at radius 3 is 2.10 bits per heavy atom. The monoisotopic (exact) mass is 310 g/mol. The Kier molecular flexibility index (Phi) is 4.63. The maximum Gasteiger partial charge on any atom is 0.241 e. The largest absolute Gasteiger partial charge is 0.388 e. The second-order valence-corrected chi connectivity index (χ2v) is 7.98. The van der Waals surface area contributed by atoms with E-state index < -0.39 is 10.0 Å². The molecule has 0 saturated heterocycles. The summed E-state index contributed by atoms with van der Waals surface area (Å²) in [6.07, 6.45) is 2.01. The van der Waals surface area contributed by atoms with E-state index in [-0.39, 0.29) is 6.04 Å². The predicted octanol–water partition coefficient (Wildman–Crippen LogP) is 3.06. The summed E-state index contributed by atoms with van der Waals surface area (Å²) in [6.45, 7) is 8.03. The Morgan fingerprint density at radius 2 is 1.67 bits per heavy atom. The highest BCUT2D eigenvalue weighted by Gasteiger charge is 2.33. The third-order valence-electron chi connectivity index (χ3n) is 4.79. The summed E-state index contributed by atoms with van der Waals surface area (Å²) < 4.78 is 28.4. The molecule has 1 fully saturated rings. The van der Waals surface area contributed by atoms with Gasteiger partial charge in [-0.3, -0.25) is 0 Å². The van der Waals surface area contributed by atoms with Crippen molar-refractivity contribution in [2.75, 3.05) is 12.4 Å². The van der Waals surface area contributed by atoms with E-state index in [1.165, 1.54) is 0 Å². The fourth-order valence-electron chi connectivity index (χ4n) is 3.31. The Bertz CT molecular complexity index is 602. The molecule has 0 aromatic heterocycles. The molecule has 3 atom stereocenters.